The molecule has 0 aliphatic rings. The van der Waals surface area contributed by atoms with Crippen LogP contribution in [0.5, 0.6) is 0 Å². The molecule has 1 N–H and O–H groups in total. The maximum atomic E-state index is 12.6. The van der Waals surface area contributed by atoms with E-state index in [4.69, 9.17) is 23.2 Å². The molecule has 0 bridgehead atoms. The van der Waals surface area contributed by atoms with Gasteiger partial charge in [0.1, 0.15) is 16.3 Å². The average molecular weight is 425 g/mol. The molecular formula is C17H14Cl2N4O3S. The predicted octanol–water partition coefficient (Wildman–Crippen LogP) is 3.22. The van der Waals surface area contributed by atoms with E-state index in [1.807, 2.05) is 4.72 Å². The standard InChI is InChI=1S/C17H14Cl2N4O3S/c1-10-5-3-6-12(19)15(10)27(25,26)22-17(24)13-9-23(2)16(21-13)14-11(18)7-4-8-20-14/h3-9H,1-2H3,(H,22,24). The van der Waals surface area contributed by atoms with Crippen molar-refractivity contribution in [2.45, 2.75) is 11.8 Å². The number of hydrogen-bond donors (Lipinski definition) is 1. The van der Waals surface area contributed by atoms with Crippen molar-refractivity contribution >= 4 is 39.1 Å². The molecule has 0 aliphatic heterocycles. The van der Waals surface area contributed by atoms with Gasteiger partial charge in [0.05, 0.1) is 10.0 Å². The zero-order valence-electron chi connectivity index (χ0n) is 14.3. The van der Waals surface area contributed by atoms with Crippen LogP contribution in [0.2, 0.25) is 10.0 Å². The highest BCUT2D eigenvalue weighted by Crippen LogP contribution is 2.26. The van der Waals surface area contributed by atoms with Crippen LogP contribution in [-0.2, 0) is 17.1 Å². The van der Waals surface area contributed by atoms with E-state index < -0.39 is 15.9 Å². The first-order chi connectivity index (χ1) is 12.7. The van der Waals surface area contributed by atoms with Gasteiger partial charge in [0.15, 0.2) is 5.82 Å². The van der Waals surface area contributed by atoms with Gasteiger partial charge in [-0.25, -0.2) is 18.1 Å². The maximum absolute atomic E-state index is 12.6. The Labute approximate surface area is 166 Å². The topological polar surface area (TPSA) is 94.0 Å². The van der Waals surface area contributed by atoms with Crippen molar-refractivity contribution in [1.82, 2.24) is 19.3 Å². The molecule has 0 fully saturated rings. The summed E-state index contributed by atoms with van der Waals surface area (Å²) in [5, 5.41) is 0.384. The Hall–Kier alpha value is -2.42. The number of aromatic nitrogens is 3. The first kappa shape index (κ1) is 19.3. The molecule has 0 saturated carbocycles. The number of carbonyl (C=O) groups excluding carboxylic acids is 1. The summed E-state index contributed by atoms with van der Waals surface area (Å²) in [6.45, 7) is 1.59. The lowest BCUT2D eigenvalue weighted by molar-refractivity contribution is 0.0977. The zero-order valence-corrected chi connectivity index (χ0v) is 16.6. The molecule has 3 aromatic rings. The molecule has 1 aromatic carbocycles. The van der Waals surface area contributed by atoms with Crippen LogP contribution < -0.4 is 4.72 Å². The van der Waals surface area contributed by atoms with E-state index in [0.29, 0.717) is 22.1 Å². The summed E-state index contributed by atoms with van der Waals surface area (Å²) in [4.78, 5) is 20.6. The van der Waals surface area contributed by atoms with Gasteiger partial charge in [-0.2, -0.15) is 0 Å². The molecule has 0 spiro atoms. The minimum Gasteiger partial charge on any atom is -0.332 e. The number of pyridine rings is 1. The molecule has 2 heterocycles. The van der Waals surface area contributed by atoms with E-state index in [2.05, 4.69) is 9.97 Å². The number of benzene rings is 1. The summed E-state index contributed by atoms with van der Waals surface area (Å²) in [5.41, 5.74) is 0.706. The Morgan fingerprint density at radius 1 is 1.15 bits per heavy atom. The third-order valence-corrected chi connectivity index (χ3v) is 6.00. The van der Waals surface area contributed by atoms with E-state index in [9.17, 15) is 13.2 Å². The first-order valence-electron chi connectivity index (χ1n) is 7.67. The molecule has 0 radical (unpaired) electrons. The Bertz CT molecular complexity index is 1120. The van der Waals surface area contributed by atoms with Gasteiger partial charge in [0, 0.05) is 19.4 Å². The van der Waals surface area contributed by atoms with Gasteiger partial charge < -0.3 is 4.57 Å². The van der Waals surface area contributed by atoms with E-state index in [1.54, 1.807) is 44.4 Å². The number of amides is 1. The minimum atomic E-state index is -4.17. The Morgan fingerprint density at radius 3 is 2.52 bits per heavy atom. The van der Waals surface area contributed by atoms with Crippen molar-refractivity contribution in [3.63, 3.8) is 0 Å². The second-order valence-electron chi connectivity index (χ2n) is 5.71. The van der Waals surface area contributed by atoms with Gasteiger partial charge in [-0.3, -0.25) is 9.78 Å². The second-order valence-corrected chi connectivity index (χ2v) is 8.15. The molecule has 2 aromatic heterocycles. The van der Waals surface area contributed by atoms with Gasteiger partial charge in [-0.1, -0.05) is 35.3 Å². The number of aryl methyl sites for hydroxylation is 2. The molecule has 3 rings (SSSR count). The van der Waals surface area contributed by atoms with Crippen LogP contribution in [0.1, 0.15) is 16.1 Å². The number of halogens is 2. The number of sulfonamides is 1. The van der Waals surface area contributed by atoms with Crippen molar-refractivity contribution in [3.8, 4) is 11.5 Å². The third-order valence-electron chi connectivity index (χ3n) is 3.74. The van der Waals surface area contributed by atoms with E-state index in [1.165, 1.54) is 16.8 Å². The highest BCUT2D eigenvalue weighted by Gasteiger charge is 2.25. The first-order valence-corrected chi connectivity index (χ1v) is 9.91. The van der Waals surface area contributed by atoms with Crippen LogP contribution >= 0.6 is 23.2 Å². The zero-order chi connectivity index (χ0) is 19.8. The summed E-state index contributed by atoms with van der Waals surface area (Å²) in [6.07, 6.45) is 2.94. The largest absolute Gasteiger partial charge is 0.332 e. The normalized spacial score (nSPS) is 11.4. The number of imidazole rings is 1. The molecule has 0 atom stereocenters. The summed E-state index contributed by atoms with van der Waals surface area (Å²) >= 11 is 12.1. The van der Waals surface area contributed by atoms with Crippen LogP contribution in [0.25, 0.3) is 11.5 Å². The monoisotopic (exact) mass is 424 g/mol. The number of rotatable bonds is 4. The highest BCUT2D eigenvalue weighted by molar-refractivity contribution is 7.90. The lowest BCUT2D eigenvalue weighted by Crippen LogP contribution is -2.31. The summed E-state index contributed by atoms with van der Waals surface area (Å²) < 4.78 is 28.7. The van der Waals surface area contributed by atoms with Crippen molar-refractivity contribution in [2.75, 3.05) is 0 Å². The molecule has 1 amide bonds. The summed E-state index contributed by atoms with van der Waals surface area (Å²) in [6, 6.07) is 7.96. The van der Waals surface area contributed by atoms with Crippen molar-refractivity contribution < 1.29 is 13.2 Å². The van der Waals surface area contributed by atoms with Crippen LogP contribution in [-0.4, -0.2) is 28.9 Å². The molecule has 0 unspecified atom stereocenters. The number of nitrogens with one attached hydrogen (secondary N) is 1. The Kier molecular flexibility index (Phi) is 5.23. The predicted molar refractivity (Wildman–Crippen MR) is 102 cm³/mol. The van der Waals surface area contributed by atoms with Gasteiger partial charge in [0.2, 0.25) is 0 Å². The fourth-order valence-corrected chi connectivity index (χ4v) is 4.53. The number of nitrogens with zero attached hydrogens (tertiary/aromatic N) is 3. The molecule has 0 saturated heterocycles. The van der Waals surface area contributed by atoms with E-state index in [-0.39, 0.29) is 15.6 Å². The van der Waals surface area contributed by atoms with Gasteiger partial charge in [0.25, 0.3) is 15.9 Å². The Balaban J connectivity index is 1.94. The van der Waals surface area contributed by atoms with Gasteiger partial charge in [-0.15, -0.1) is 0 Å². The fourth-order valence-electron chi connectivity index (χ4n) is 2.53. The molecule has 140 valence electrons. The average Bonchev–Trinajstić information content (AvgIpc) is 2.96. The summed E-state index contributed by atoms with van der Waals surface area (Å²) in [7, 11) is -2.52. The summed E-state index contributed by atoms with van der Waals surface area (Å²) in [5.74, 6) is -0.555. The van der Waals surface area contributed by atoms with Crippen LogP contribution in [0.3, 0.4) is 0 Å². The minimum absolute atomic E-state index is 0.0253. The quantitative estimate of drug-likeness (QED) is 0.693. The van der Waals surface area contributed by atoms with E-state index >= 15 is 0 Å². The lowest BCUT2D eigenvalue weighted by Gasteiger charge is -2.10. The molecule has 7 nitrogen and oxygen atoms in total. The molecule has 27 heavy (non-hydrogen) atoms. The lowest BCUT2D eigenvalue weighted by atomic mass is 10.2. The van der Waals surface area contributed by atoms with Crippen LogP contribution in [0, 0.1) is 6.92 Å². The van der Waals surface area contributed by atoms with Gasteiger partial charge >= 0.3 is 0 Å². The van der Waals surface area contributed by atoms with Gasteiger partial charge in [-0.05, 0) is 30.7 Å². The molecule has 10 heteroatoms. The molecule has 0 aliphatic carbocycles. The third kappa shape index (κ3) is 3.83. The second kappa shape index (κ2) is 7.30. The van der Waals surface area contributed by atoms with Crippen LogP contribution in [0.4, 0.5) is 0 Å². The van der Waals surface area contributed by atoms with Crippen molar-refractivity contribution in [1.29, 1.82) is 0 Å². The van der Waals surface area contributed by atoms with Crippen molar-refractivity contribution in [2.24, 2.45) is 7.05 Å². The smallest absolute Gasteiger partial charge is 0.285 e. The van der Waals surface area contributed by atoms with Crippen molar-refractivity contribution in [3.05, 3.63) is 64.0 Å². The van der Waals surface area contributed by atoms with Crippen LogP contribution in [0.15, 0.2) is 47.6 Å². The number of hydrogen-bond acceptors (Lipinski definition) is 5. The SMILES string of the molecule is Cc1cccc(Cl)c1S(=O)(=O)NC(=O)c1cn(C)c(-c2ncccc2Cl)n1. The fraction of sp³-hybridized carbons (Fsp3) is 0.118. The number of carbonyl (C=O) groups is 1. The van der Waals surface area contributed by atoms with E-state index in [0.717, 1.165) is 0 Å². The maximum Gasteiger partial charge on any atom is 0.285 e. The molecular weight excluding hydrogens is 411 g/mol. The highest BCUT2D eigenvalue weighted by atomic mass is 35.5. The Morgan fingerprint density at radius 2 is 1.85 bits per heavy atom.